The Kier molecular flexibility index (Phi) is 3.06. The number of fused-ring (bicyclic) bond motifs is 2. The summed E-state index contributed by atoms with van der Waals surface area (Å²) >= 11 is 1.03. The highest BCUT2D eigenvalue weighted by Gasteiger charge is 2.34. The van der Waals surface area contributed by atoms with Gasteiger partial charge in [0.05, 0.1) is 5.56 Å². The van der Waals surface area contributed by atoms with Crippen LogP contribution in [0.5, 0.6) is 0 Å². The Morgan fingerprint density at radius 1 is 1.17 bits per heavy atom. The monoisotopic (exact) mass is 337 g/mol. The molecule has 3 heterocycles. The van der Waals surface area contributed by atoms with E-state index >= 15 is 0 Å². The van der Waals surface area contributed by atoms with Gasteiger partial charge in [-0.05, 0) is 12.5 Å². The molecule has 0 saturated heterocycles. The maximum Gasteiger partial charge on any atom is 0.417 e. The van der Waals surface area contributed by atoms with Crippen LogP contribution in [-0.2, 0) is 19.1 Å². The molecule has 0 fully saturated rings. The summed E-state index contributed by atoms with van der Waals surface area (Å²) < 4.78 is 41.0. The van der Waals surface area contributed by atoms with E-state index < -0.39 is 11.7 Å². The van der Waals surface area contributed by atoms with Crippen LogP contribution in [0.15, 0.2) is 29.1 Å². The Hall–Kier alpha value is -2.22. The fraction of sp³-hybridized carbons (Fsp3) is 0.267. The Balaban J connectivity index is 1.96. The molecular formula is C15H10F3N3OS. The van der Waals surface area contributed by atoms with Gasteiger partial charge in [-0.15, -0.1) is 0 Å². The third-order valence-corrected chi connectivity index (χ3v) is 4.83. The van der Waals surface area contributed by atoms with Gasteiger partial charge in [-0.3, -0.25) is 9.36 Å². The quantitative estimate of drug-likeness (QED) is 0.683. The molecule has 0 bridgehead atoms. The Bertz CT molecular complexity index is 974. The van der Waals surface area contributed by atoms with Crippen molar-refractivity contribution in [2.24, 2.45) is 0 Å². The van der Waals surface area contributed by atoms with Gasteiger partial charge in [-0.2, -0.15) is 13.2 Å². The summed E-state index contributed by atoms with van der Waals surface area (Å²) in [5.74, 6) is 0.682. The molecule has 0 amide bonds. The molecule has 8 heteroatoms. The zero-order valence-corrected chi connectivity index (χ0v) is 12.5. The Morgan fingerprint density at radius 3 is 2.74 bits per heavy atom. The summed E-state index contributed by atoms with van der Waals surface area (Å²) in [6.07, 6.45) is -2.92. The highest BCUT2D eigenvalue weighted by molar-refractivity contribution is 7.21. The van der Waals surface area contributed by atoms with E-state index in [1.54, 1.807) is 4.57 Å². The van der Waals surface area contributed by atoms with Crippen LogP contribution in [0.25, 0.3) is 20.9 Å². The summed E-state index contributed by atoms with van der Waals surface area (Å²) in [6, 6.07) is 5.24. The standard InChI is InChI=1S/C15H10F3N3OS/c16-15(17,18)9-5-2-1-4-8(9)12-20-11-13(23-12)19-10-6-3-7-21(10)14(11)22/h1-2,4-5H,3,6-7H2. The maximum absolute atomic E-state index is 13.2. The smallest absolute Gasteiger partial charge is 0.295 e. The lowest BCUT2D eigenvalue weighted by Crippen LogP contribution is -2.20. The third-order valence-electron chi connectivity index (χ3n) is 3.84. The van der Waals surface area contributed by atoms with Gasteiger partial charge >= 0.3 is 6.18 Å². The predicted octanol–water partition coefficient (Wildman–Crippen LogP) is 3.49. The molecule has 0 atom stereocenters. The number of halogens is 3. The number of alkyl halides is 3. The van der Waals surface area contributed by atoms with Crippen molar-refractivity contribution >= 4 is 21.7 Å². The largest absolute Gasteiger partial charge is 0.417 e. The number of hydrogen-bond donors (Lipinski definition) is 0. The van der Waals surface area contributed by atoms with Crippen molar-refractivity contribution in [1.29, 1.82) is 0 Å². The van der Waals surface area contributed by atoms with E-state index in [-0.39, 0.29) is 21.6 Å². The van der Waals surface area contributed by atoms with Gasteiger partial charge in [0, 0.05) is 18.5 Å². The van der Waals surface area contributed by atoms with Crippen LogP contribution in [0.3, 0.4) is 0 Å². The molecule has 4 rings (SSSR count). The van der Waals surface area contributed by atoms with E-state index in [1.165, 1.54) is 18.2 Å². The second-order valence-corrected chi connectivity index (χ2v) is 6.28. The SMILES string of the molecule is O=c1c2nc(-c3ccccc3C(F)(F)F)sc2nc2n1CCC2. The first-order valence-electron chi connectivity index (χ1n) is 7.02. The summed E-state index contributed by atoms with van der Waals surface area (Å²) in [4.78, 5) is 21.3. The minimum Gasteiger partial charge on any atom is -0.295 e. The first-order chi connectivity index (χ1) is 10.9. The minimum atomic E-state index is -4.47. The van der Waals surface area contributed by atoms with E-state index in [0.717, 1.165) is 23.8 Å². The van der Waals surface area contributed by atoms with Crippen molar-refractivity contribution in [3.63, 3.8) is 0 Å². The zero-order chi connectivity index (χ0) is 16.2. The Morgan fingerprint density at radius 2 is 1.96 bits per heavy atom. The van der Waals surface area contributed by atoms with Crippen molar-refractivity contribution in [2.75, 3.05) is 0 Å². The number of benzene rings is 1. The van der Waals surface area contributed by atoms with Gasteiger partial charge in [-0.1, -0.05) is 29.5 Å². The third kappa shape index (κ3) is 2.24. The molecule has 0 N–H and O–H groups in total. The van der Waals surface area contributed by atoms with Crippen LogP contribution < -0.4 is 5.56 Å². The number of thiazole rings is 1. The fourth-order valence-corrected chi connectivity index (χ4v) is 3.79. The van der Waals surface area contributed by atoms with Crippen molar-refractivity contribution in [1.82, 2.24) is 14.5 Å². The highest BCUT2D eigenvalue weighted by Crippen LogP contribution is 2.39. The molecular weight excluding hydrogens is 327 g/mol. The van der Waals surface area contributed by atoms with E-state index in [9.17, 15) is 18.0 Å². The first-order valence-corrected chi connectivity index (χ1v) is 7.83. The number of hydrogen-bond acceptors (Lipinski definition) is 4. The lowest BCUT2D eigenvalue weighted by molar-refractivity contribution is -0.137. The molecule has 1 aliphatic heterocycles. The van der Waals surface area contributed by atoms with Crippen LogP contribution >= 0.6 is 11.3 Å². The highest BCUT2D eigenvalue weighted by atomic mass is 32.1. The van der Waals surface area contributed by atoms with Gasteiger partial charge in [0.15, 0.2) is 10.3 Å². The molecule has 0 radical (unpaired) electrons. The van der Waals surface area contributed by atoms with E-state index in [4.69, 9.17) is 0 Å². The second-order valence-electron chi connectivity index (χ2n) is 5.30. The number of aryl methyl sites for hydroxylation is 1. The fourth-order valence-electron chi connectivity index (χ4n) is 2.80. The van der Waals surface area contributed by atoms with E-state index in [0.29, 0.717) is 23.6 Å². The summed E-state index contributed by atoms with van der Waals surface area (Å²) in [6.45, 7) is 0.586. The predicted molar refractivity (Wildman–Crippen MR) is 80.4 cm³/mol. The average Bonchev–Trinajstić information content (AvgIpc) is 3.13. The van der Waals surface area contributed by atoms with Crippen LogP contribution in [0.2, 0.25) is 0 Å². The second kappa shape index (κ2) is 4.89. The molecule has 0 aliphatic carbocycles. The van der Waals surface area contributed by atoms with Crippen LogP contribution in [0, 0.1) is 0 Å². The molecule has 4 nitrogen and oxygen atoms in total. The molecule has 1 aromatic carbocycles. The summed E-state index contributed by atoms with van der Waals surface area (Å²) in [7, 11) is 0. The normalized spacial score (nSPS) is 14.4. The molecule has 0 saturated carbocycles. The summed E-state index contributed by atoms with van der Waals surface area (Å²) in [5.41, 5.74) is -0.902. The first kappa shape index (κ1) is 14.4. The van der Waals surface area contributed by atoms with E-state index in [2.05, 4.69) is 9.97 Å². The van der Waals surface area contributed by atoms with Crippen molar-refractivity contribution < 1.29 is 13.2 Å². The molecule has 118 valence electrons. The van der Waals surface area contributed by atoms with Gasteiger partial charge in [0.1, 0.15) is 10.8 Å². The Labute approximate surface area is 132 Å². The van der Waals surface area contributed by atoms with Gasteiger partial charge in [-0.25, -0.2) is 9.97 Å². The molecule has 2 aromatic heterocycles. The number of rotatable bonds is 1. The van der Waals surface area contributed by atoms with Crippen LogP contribution in [0.4, 0.5) is 13.2 Å². The van der Waals surface area contributed by atoms with Gasteiger partial charge in [0.25, 0.3) is 5.56 Å². The lowest BCUT2D eigenvalue weighted by atomic mass is 10.1. The molecule has 0 unspecified atom stereocenters. The number of nitrogens with zero attached hydrogens (tertiary/aromatic N) is 3. The zero-order valence-electron chi connectivity index (χ0n) is 11.7. The van der Waals surface area contributed by atoms with Crippen molar-refractivity contribution in [3.8, 4) is 10.6 Å². The summed E-state index contributed by atoms with van der Waals surface area (Å²) in [5, 5.41) is 0.168. The minimum absolute atomic E-state index is 0.0208. The van der Waals surface area contributed by atoms with Gasteiger partial charge in [0.2, 0.25) is 0 Å². The lowest BCUT2D eigenvalue weighted by Gasteiger charge is -2.10. The van der Waals surface area contributed by atoms with Crippen molar-refractivity contribution in [3.05, 3.63) is 46.0 Å². The van der Waals surface area contributed by atoms with E-state index in [1.807, 2.05) is 0 Å². The average molecular weight is 337 g/mol. The maximum atomic E-state index is 13.2. The molecule has 3 aromatic rings. The van der Waals surface area contributed by atoms with Crippen molar-refractivity contribution in [2.45, 2.75) is 25.6 Å². The number of aromatic nitrogens is 3. The molecule has 23 heavy (non-hydrogen) atoms. The van der Waals surface area contributed by atoms with Crippen LogP contribution in [-0.4, -0.2) is 14.5 Å². The molecule has 0 spiro atoms. The topological polar surface area (TPSA) is 47.8 Å². The van der Waals surface area contributed by atoms with Gasteiger partial charge < -0.3 is 0 Å². The van der Waals surface area contributed by atoms with Crippen LogP contribution in [0.1, 0.15) is 17.8 Å². The molecule has 1 aliphatic rings.